The zero-order valence-electron chi connectivity index (χ0n) is 14.4. The first-order valence-electron chi connectivity index (χ1n) is 7.98. The van der Waals surface area contributed by atoms with Gasteiger partial charge in [-0.2, -0.15) is 13.2 Å². The summed E-state index contributed by atoms with van der Waals surface area (Å²) in [6.45, 7) is 1.67. The number of benzene rings is 2. The summed E-state index contributed by atoms with van der Waals surface area (Å²) in [6.07, 6.45) is -5.34. The molecular weight excluding hydrogens is 416 g/mol. The SMILES string of the molecule is Cc1cc(C2=NOC(c3cc(Cl)cc(Cl)c3)(C(F)(F)F)C2)ccc1C(N)=C=O. The van der Waals surface area contributed by atoms with Gasteiger partial charge in [-0.25, -0.2) is 4.79 Å². The number of rotatable bonds is 3. The van der Waals surface area contributed by atoms with Crippen molar-refractivity contribution in [3.63, 3.8) is 0 Å². The monoisotopic (exact) mass is 428 g/mol. The fraction of sp³-hybridized carbons (Fsp3) is 0.211. The molecule has 28 heavy (non-hydrogen) atoms. The fourth-order valence-corrected chi connectivity index (χ4v) is 3.57. The van der Waals surface area contributed by atoms with E-state index in [1.807, 2.05) is 0 Å². The molecule has 0 fully saturated rings. The summed E-state index contributed by atoms with van der Waals surface area (Å²) in [6, 6.07) is 8.27. The predicted octanol–water partition coefficient (Wildman–Crippen LogP) is 5.02. The summed E-state index contributed by atoms with van der Waals surface area (Å²) in [5.41, 5.74) is 4.09. The van der Waals surface area contributed by atoms with E-state index < -0.39 is 18.2 Å². The van der Waals surface area contributed by atoms with Crippen molar-refractivity contribution in [2.75, 3.05) is 0 Å². The third-order valence-corrected chi connectivity index (χ3v) is 4.91. The van der Waals surface area contributed by atoms with Gasteiger partial charge in [0, 0.05) is 27.6 Å². The third kappa shape index (κ3) is 3.49. The van der Waals surface area contributed by atoms with Crippen LogP contribution in [0.2, 0.25) is 10.0 Å². The number of hydrogen-bond donors (Lipinski definition) is 1. The second-order valence-electron chi connectivity index (χ2n) is 6.33. The van der Waals surface area contributed by atoms with Gasteiger partial charge in [0.05, 0.1) is 5.71 Å². The molecule has 0 saturated heterocycles. The van der Waals surface area contributed by atoms with Crippen LogP contribution in [-0.2, 0) is 15.2 Å². The highest BCUT2D eigenvalue weighted by Crippen LogP contribution is 2.49. The lowest BCUT2D eigenvalue weighted by atomic mass is 9.86. The van der Waals surface area contributed by atoms with Crippen LogP contribution in [0.3, 0.4) is 0 Å². The van der Waals surface area contributed by atoms with Crippen LogP contribution >= 0.6 is 23.2 Å². The minimum absolute atomic E-state index is 0.0551. The largest absolute Gasteiger partial charge is 0.435 e. The lowest BCUT2D eigenvalue weighted by Crippen LogP contribution is -2.42. The van der Waals surface area contributed by atoms with Gasteiger partial charge >= 0.3 is 6.18 Å². The van der Waals surface area contributed by atoms with Crippen molar-refractivity contribution in [3.8, 4) is 0 Å². The van der Waals surface area contributed by atoms with Crippen molar-refractivity contribution >= 4 is 40.6 Å². The molecule has 2 N–H and O–H groups in total. The number of aryl methyl sites for hydroxylation is 1. The van der Waals surface area contributed by atoms with Gasteiger partial charge in [-0.1, -0.05) is 40.5 Å². The van der Waals surface area contributed by atoms with Gasteiger partial charge in [0.15, 0.2) is 5.94 Å². The Morgan fingerprint density at radius 3 is 2.39 bits per heavy atom. The Kier molecular flexibility index (Phi) is 5.19. The number of hydrogen-bond acceptors (Lipinski definition) is 4. The van der Waals surface area contributed by atoms with Gasteiger partial charge in [0.1, 0.15) is 5.70 Å². The van der Waals surface area contributed by atoms with Crippen molar-refractivity contribution in [2.45, 2.75) is 25.1 Å². The van der Waals surface area contributed by atoms with E-state index in [0.717, 1.165) is 12.1 Å². The Bertz CT molecular complexity index is 1010. The lowest BCUT2D eigenvalue weighted by Gasteiger charge is -2.29. The molecule has 1 aliphatic heterocycles. The molecule has 0 spiro atoms. The van der Waals surface area contributed by atoms with Gasteiger partial charge in [0.25, 0.3) is 5.60 Å². The summed E-state index contributed by atoms with van der Waals surface area (Å²) in [7, 11) is 0. The zero-order chi connectivity index (χ0) is 20.7. The molecule has 0 amide bonds. The van der Waals surface area contributed by atoms with Crippen molar-refractivity contribution in [1.82, 2.24) is 0 Å². The third-order valence-electron chi connectivity index (χ3n) is 4.47. The molecule has 0 radical (unpaired) electrons. The number of nitrogens with two attached hydrogens (primary N) is 1. The smallest absolute Gasteiger partial charge is 0.389 e. The Balaban J connectivity index is 2.02. The molecule has 1 atom stereocenters. The number of oxime groups is 1. The molecular formula is C19H13Cl2F3N2O2. The van der Waals surface area contributed by atoms with Gasteiger partial charge in [0.2, 0.25) is 0 Å². The maximum absolute atomic E-state index is 14.0. The second kappa shape index (κ2) is 7.17. The van der Waals surface area contributed by atoms with E-state index in [-0.39, 0.29) is 27.0 Å². The highest BCUT2D eigenvalue weighted by Gasteiger charge is 2.62. The van der Waals surface area contributed by atoms with Crippen LogP contribution in [-0.4, -0.2) is 17.8 Å². The predicted molar refractivity (Wildman–Crippen MR) is 101 cm³/mol. The molecule has 4 nitrogen and oxygen atoms in total. The first kappa shape index (κ1) is 20.3. The van der Waals surface area contributed by atoms with Crippen LogP contribution in [0.5, 0.6) is 0 Å². The highest BCUT2D eigenvalue weighted by molar-refractivity contribution is 6.34. The van der Waals surface area contributed by atoms with E-state index >= 15 is 0 Å². The molecule has 0 aromatic heterocycles. The minimum atomic E-state index is -4.77. The Hall–Kier alpha value is -2.47. The molecule has 1 heterocycles. The van der Waals surface area contributed by atoms with Crippen molar-refractivity contribution in [2.24, 2.45) is 10.9 Å². The van der Waals surface area contributed by atoms with Crippen molar-refractivity contribution in [3.05, 3.63) is 68.7 Å². The van der Waals surface area contributed by atoms with E-state index in [9.17, 15) is 18.0 Å². The fourth-order valence-electron chi connectivity index (χ4n) is 3.05. The zero-order valence-corrected chi connectivity index (χ0v) is 15.9. The van der Waals surface area contributed by atoms with Crippen LogP contribution < -0.4 is 5.73 Å². The Morgan fingerprint density at radius 1 is 1.21 bits per heavy atom. The maximum Gasteiger partial charge on any atom is 0.435 e. The van der Waals surface area contributed by atoms with Gasteiger partial charge in [-0.15, -0.1) is 0 Å². The highest BCUT2D eigenvalue weighted by atomic mass is 35.5. The number of nitrogens with zero attached hydrogens (tertiary/aromatic N) is 1. The van der Waals surface area contributed by atoms with Crippen LogP contribution in [0.15, 0.2) is 41.6 Å². The summed E-state index contributed by atoms with van der Waals surface area (Å²) >= 11 is 11.8. The van der Waals surface area contributed by atoms with Crippen molar-refractivity contribution < 1.29 is 22.8 Å². The van der Waals surface area contributed by atoms with Crippen molar-refractivity contribution in [1.29, 1.82) is 0 Å². The average molecular weight is 429 g/mol. The molecule has 1 aliphatic rings. The summed E-state index contributed by atoms with van der Waals surface area (Å²) in [4.78, 5) is 15.7. The first-order chi connectivity index (χ1) is 13.1. The van der Waals surface area contributed by atoms with Crippen LogP contribution in [0.1, 0.15) is 28.7 Å². The van der Waals surface area contributed by atoms with E-state index in [4.69, 9.17) is 33.8 Å². The molecule has 2 aromatic carbocycles. The van der Waals surface area contributed by atoms with E-state index in [1.165, 1.54) is 18.2 Å². The van der Waals surface area contributed by atoms with Gasteiger partial charge < -0.3 is 10.6 Å². The molecule has 0 bridgehead atoms. The minimum Gasteiger partial charge on any atom is -0.389 e. The molecule has 3 rings (SSSR count). The number of halogens is 5. The quantitative estimate of drug-likeness (QED) is 0.698. The Morgan fingerprint density at radius 2 is 1.86 bits per heavy atom. The molecule has 9 heteroatoms. The molecule has 146 valence electrons. The van der Waals surface area contributed by atoms with E-state index in [1.54, 1.807) is 18.9 Å². The lowest BCUT2D eigenvalue weighted by molar-refractivity contribution is -0.275. The first-order valence-corrected chi connectivity index (χ1v) is 8.73. The van der Waals surface area contributed by atoms with Crippen LogP contribution in [0, 0.1) is 6.92 Å². The van der Waals surface area contributed by atoms with Gasteiger partial charge in [-0.3, -0.25) is 0 Å². The summed E-state index contributed by atoms with van der Waals surface area (Å²) in [5, 5.41) is 3.80. The summed E-state index contributed by atoms with van der Waals surface area (Å²) in [5.74, 6) is 1.59. The van der Waals surface area contributed by atoms with E-state index in [2.05, 4.69) is 5.16 Å². The molecule has 2 aromatic rings. The Labute approximate surface area is 168 Å². The average Bonchev–Trinajstić information content (AvgIpc) is 3.07. The number of alkyl halides is 3. The normalized spacial score (nSPS) is 19.0. The molecule has 1 unspecified atom stereocenters. The van der Waals surface area contributed by atoms with Crippen LogP contribution in [0.4, 0.5) is 13.2 Å². The van der Waals surface area contributed by atoms with Gasteiger partial charge in [-0.05, 0) is 42.3 Å². The number of carbonyl (C=O) groups excluding carboxylic acids is 1. The molecule has 0 aliphatic carbocycles. The topological polar surface area (TPSA) is 64.7 Å². The van der Waals surface area contributed by atoms with Crippen LogP contribution in [0.25, 0.3) is 5.70 Å². The maximum atomic E-state index is 14.0. The molecule has 0 saturated carbocycles. The second-order valence-corrected chi connectivity index (χ2v) is 7.21. The van der Waals surface area contributed by atoms with E-state index in [0.29, 0.717) is 16.7 Å². The summed E-state index contributed by atoms with van der Waals surface area (Å²) < 4.78 is 42.0. The standard InChI is InChI=1S/C19H13Cl2F3N2O2/c1-10-4-11(2-3-15(10)16(25)9-27)17-8-18(28-26-17,19(22,23)24)12-5-13(20)7-14(21)6-12/h2-7H,8,25H2,1H3.